The number of furan rings is 1. The van der Waals surface area contributed by atoms with Crippen LogP contribution >= 0.6 is 0 Å². The number of nitrogens with zero attached hydrogens (tertiary/aromatic N) is 3. The molecule has 0 bridgehead atoms. The Morgan fingerprint density at radius 2 is 2.20 bits per heavy atom. The molecule has 0 aliphatic carbocycles. The number of hydrogen-bond donors (Lipinski definition) is 0. The number of halogens is 2. The van der Waals surface area contributed by atoms with E-state index in [-0.39, 0.29) is 0 Å². The van der Waals surface area contributed by atoms with Crippen molar-refractivity contribution < 1.29 is 17.9 Å². The molecule has 1 aliphatic heterocycles. The average molecular weight is 347 g/mol. The van der Waals surface area contributed by atoms with Crippen LogP contribution < -0.4 is 0 Å². The fourth-order valence-electron chi connectivity index (χ4n) is 3.40. The van der Waals surface area contributed by atoms with E-state index in [1.165, 1.54) is 0 Å². The largest absolute Gasteiger partial charge is 0.454 e. The van der Waals surface area contributed by atoms with Crippen LogP contribution in [0.25, 0.3) is 22.4 Å². The van der Waals surface area contributed by atoms with Crippen LogP contribution in [-0.2, 0) is 18.3 Å². The summed E-state index contributed by atoms with van der Waals surface area (Å²) in [5.41, 5.74) is 2.62. The number of para-hydroxylation sites is 1. The molecule has 5 nitrogen and oxygen atoms in total. The van der Waals surface area contributed by atoms with Crippen molar-refractivity contribution in [2.24, 2.45) is 7.05 Å². The zero-order valence-electron chi connectivity index (χ0n) is 13.9. The summed E-state index contributed by atoms with van der Waals surface area (Å²) in [4.78, 5) is 2.11. The van der Waals surface area contributed by atoms with E-state index in [1.807, 2.05) is 43.6 Å². The van der Waals surface area contributed by atoms with Crippen molar-refractivity contribution in [3.63, 3.8) is 0 Å². The molecule has 132 valence electrons. The maximum absolute atomic E-state index is 12.4. The van der Waals surface area contributed by atoms with Gasteiger partial charge >= 0.3 is 6.61 Å². The summed E-state index contributed by atoms with van der Waals surface area (Å²) in [6.45, 7) is -0.858. The van der Waals surface area contributed by atoms with Gasteiger partial charge in [-0.2, -0.15) is 13.9 Å². The van der Waals surface area contributed by atoms with E-state index >= 15 is 0 Å². The Morgan fingerprint density at radius 3 is 3.00 bits per heavy atom. The topological polar surface area (TPSA) is 43.4 Å². The summed E-state index contributed by atoms with van der Waals surface area (Å²) < 4.78 is 37.0. The third-order valence-corrected chi connectivity index (χ3v) is 4.48. The van der Waals surface area contributed by atoms with Gasteiger partial charge < -0.3 is 9.15 Å². The van der Waals surface area contributed by atoms with Gasteiger partial charge in [0.05, 0.1) is 6.10 Å². The Labute approximate surface area is 143 Å². The molecule has 2 aromatic heterocycles. The number of rotatable bonds is 5. The minimum atomic E-state index is -2.71. The zero-order chi connectivity index (χ0) is 17.4. The summed E-state index contributed by atoms with van der Waals surface area (Å²) >= 11 is 0. The normalized spacial score (nSPS) is 18.6. The molecule has 0 unspecified atom stereocenters. The van der Waals surface area contributed by atoms with Crippen LogP contribution in [0, 0.1) is 0 Å². The first-order chi connectivity index (χ1) is 12.1. The number of benzene rings is 1. The lowest BCUT2D eigenvalue weighted by Crippen LogP contribution is -2.24. The Kier molecular flexibility index (Phi) is 4.27. The Balaban J connectivity index is 1.55. The molecular weight excluding hydrogens is 328 g/mol. The van der Waals surface area contributed by atoms with Gasteiger partial charge in [-0.1, -0.05) is 18.2 Å². The second-order valence-electron chi connectivity index (χ2n) is 6.37. The monoisotopic (exact) mass is 347 g/mol. The molecule has 3 heterocycles. The van der Waals surface area contributed by atoms with Crippen molar-refractivity contribution in [2.45, 2.75) is 25.7 Å². The van der Waals surface area contributed by atoms with Crippen molar-refractivity contribution in [3.8, 4) is 11.5 Å². The number of fused-ring (bicyclic) bond motifs is 1. The second kappa shape index (κ2) is 6.57. The van der Waals surface area contributed by atoms with Crippen molar-refractivity contribution in [1.29, 1.82) is 0 Å². The second-order valence-corrected chi connectivity index (χ2v) is 6.37. The van der Waals surface area contributed by atoms with Gasteiger partial charge in [-0.05, 0) is 18.6 Å². The van der Waals surface area contributed by atoms with Crippen LogP contribution in [0.3, 0.4) is 0 Å². The van der Waals surface area contributed by atoms with Gasteiger partial charge in [-0.3, -0.25) is 9.58 Å². The van der Waals surface area contributed by atoms with E-state index in [9.17, 15) is 8.78 Å². The first kappa shape index (κ1) is 16.2. The summed E-state index contributed by atoms with van der Waals surface area (Å²) in [6.07, 6.45) is 2.15. The minimum absolute atomic E-state index is 0.411. The van der Waals surface area contributed by atoms with E-state index in [1.54, 1.807) is 4.68 Å². The fourth-order valence-corrected chi connectivity index (χ4v) is 3.40. The lowest BCUT2D eigenvalue weighted by atomic mass is 10.2. The molecule has 0 saturated carbocycles. The molecule has 0 N–H and O–H groups in total. The van der Waals surface area contributed by atoms with Gasteiger partial charge in [0.2, 0.25) is 0 Å². The van der Waals surface area contributed by atoms with Crippen molar-refractivity contribution in [2.75, 3.05) is 13.1 Å². The lowest BCUT2D eigenvalue weighted by molar-refractivity contribution is -0.158. The van der Waals surface area contributed by atoms with E-state index in [4.69, 9.17) is 4.42 Å². The molecule has 3 aromatic rings. The van der Waals surface area contributed by atoms with Crippen LogP contribution in [-0.4, -0.2) is 40.5 Å². The van der Waals surface area contributed by atoms with Crippen molar-refractivity contribution >= 4 is 11.0 Å². The molecule has 1 saturated heterocycles. The molecule has 0 radical (unpaired) electrons. The first-order valence-corrected chi connectivity index (χ1v) is 8.26. The van der Waals surface area contributed by atoms with E-state index in [0.717, 1.165) is 34.5 Å². The molecule has 1 aliphatic rings. The smallest absolute Gasteiger partial charge is 0.345 e. The molecule has 0 spiro atoms. The maximum Gasteiger partial charge on any atom is 0.345 e. The van der Waals surface area contributed by atoms with Crippen LogP contribution in [0.1, 0.15) is 12.0 Å². The van der Waals surface area contributed by atoms with Gasteiger partial charge in [-0.25, -0.2) is 0 Å². The molecule has 1 fully saturated rings. The Bertz CT molecular complexity index is 841. The van der Waals surface area contributed by atoms with Crippen LogP contribution in [0.2, 0.25) is 0 Å². The number of ether oxygens (including phenoxy) is 1. The first-order valence-electron chi connectivity index (χ1n) is 8.26. The number of alkyl halides is 2. The minimum Gasteiger partial charge on any atom is -0.454 e. The summed E-state index contributed by atoms with van der Waals surface area (Å²) in [5.74, 6) is 0.719. The molecule has 4 rings (SSSR count). The van der Waals surface area contributed by atoms with Crippen molar-refractivity contribution in [1.82, 2.24) is 14.7 Å². The highest BCUT2D eigenvalue weighted by molar-refractivity contribution is 5.82. The van der Waals surface area contributed by atoms with Gasteiger partial charge in [-0.15, -0.1) is 0 Å². The number of aryl methyl sites for hydroxylation is 1. The van der Waals surface area contributed by atoms with Crippen LogP contribution in [0.5, 0.6) is 0 Å². The highest BCUT2D eigenvalue weighted by Gasteiger charge is 2.27. The summed E-state index contributed by atoms with van der Waals surface area (Å²) in [6, 6.07) is 9.80. The quantitative estimate of drug-likeness (QED) is 0.707. The molecule has 7 heteroatoms. The zero-order valence-corrected chi connectivity index (χ0v) is 13.9. The standard InChI is InChI=1S/C18H19F2N3O2/c1-22-9-13(10-23-7-6-14(11-23)24-18(19)20)17(21-22)16-8-12-4-2-3-5-15(12)25-16/h2-5,8-9,14,18H,6-7,10-11H2,1H3/t14-/m0/s1. The van der Waals surface area contributed by atoms with Crippen LogP contribution in [0.15, 0.2) is 40.9 Å². The number of aromatic nitrogens is 2. The lowest BCUT2D eigenvalue weighted by Gasteiger charge is -2.15. The van der Waals surface area contributed by atoms with E-state index in [0.29, 0.717) is 19.5 Å². The summed E-state index contributed by atoms with van der Waals surface area (Å²) in [5, 5.41) is 5.56. The molecule has 25 heavy (non-hydrogen) atoms. The third kappa shape index (κ3) is 3.43. The predicted molar refractivity (Wildman–Crippen MR) is 89.2 cm³/mol. The molecule has 0 amide bonds. The molecule has 1 atom stereocenters. The number of likely N-dealkylation sites (tertiary alicyclic amines) is 1. The molecular formula is C18H19F2N3O2. The van der Waals surface area contributed by atoms with Gasteiger partial charge in [0.1, 0.15) is 11.3 Å². The predicted octanol–water partition coefficient (Wildman–Crippen LogP) is 3.65. The Morgan fingerprint density at radius 1 is 1.36 bits per heavy atom. The molecule has 1 aromatic carbocycles. The van der Waals surface area contributed by atoms with Gasteiger partial charge in [0.25, 0.3) is 0 Å². The SMILES string of the molecule is Cn1cc(CN2CC[C@H](OC(F)F)C2)c(-c2cc3ccccc3o2)n1. The van der Waals surface area contributed by atoms with Gasteiger partial charge in [0, 0.05) is 43.8 Å². The Hall–Kier alpha value is -2.25. The van der Waals surface area contributed by atoms with Crippen molar-refractivity contribution in [3.05, 3.63) is 42.1 Å². The third-order valence-electron chi connectivity index (χ3n) is 4.48. The average Bonchev–Trinajstić information content (AvgIpc) is 3.25. The van der Waals surface area contributed by atoms with Crippen LogP contribution in [0.4, 0.5) is 8.78 Å². The van der Waals surface area contributed by atoms with E-state index < -0.39 is 12.7 Å². The fraction of sp³-hybridized carbons (Fsp3) is 0.389. The number of hydrogen-bond acceptors (Lipinski definition) is 4. The summed E-state index contributed by atoms with van der Waals surface area (Å²) in [7, 11) is 1.86. The highest BCUT2D eigenvalue weighted by atomic mass is 19.3. The maximum atomic E-state index is 12.4. The highest BCUT2D eigenvalue weighted by Crippen LogP contribution is 2.30. The van der Waals surface area contributed by atoms with E-state index in [2.05, 4.69) is 14.7 Å². The van der Waals surface area contributed by atoms with Gasteiger partial charge in [0.15, 0.2) is 5.76 Å².